The van der Waals surface area contributed by atoms with Crippen LogP contribution in [0.1, 0.15) is 134 Å². The highest BCUT2D eigenvalue weighted by Crippen LogP contribution is 2.29. The lowest BCUT2D eigenvalue weighted by atomic mass is 9.82. The van der Waals surface area contributed by atoms with Crippen molar-refractivity contribution in [3.8, 4) is 17.6 Å². The zero-order chi connectivity index (χ0) is 42.8. The molecule has 0 saturated carbocycles. The van der Waals surface area contributed by atoms with Gasteiger partial charge in [0.1, 0.15) is 29.8 Å². The molecule has 0 heterocycles. The fourth-order valence-electron chi connectivity index (χ4n) is 6.15. The molecule has 0 unspecified atom stereocenters. The summed E-state index contributed by atoms with van der Waals surface area (Å²) in [5, 5.41) is 24.6. The van der Waals surface area contributed by atoms with E-state index in [2.05, 4.69) is 24.1 Å². The molecule has 58 heavy (non-hydrogen) atoms. The van der Waals surface area contributed by atoms with E-state index in [1.54, 1.807) is 88.4 Å². The number of carbonyl (C=O) groups is 5. The van der Waals surface area contributed by atoms with Crippen LogP contribution in [0.2, 0.25) is 0 Å². The van der Waals surface area contributed by atoms with Crippen molar-refractivity contribution < 1.29 is 48.4 Å². The van der Waals surface area contributed by atoms with Gasteiger partial charge in [-0.05, 0) is 71.1 Å². The molecule has 3 N–H and O–H groups in total. The van der Waals surface area contributed by atoms with E-state index in [-0.39, 0.29) is 13.0 Å². The first-order valence-electron chi connectivity index (χ1n) is 20.7. The van der Waals surface area contributed by atoms with Gasteiger partial charge in [-0.15, -0.1) is 5.92 Å². The van der Waals surface area contributed by atoms with Crippen LogP contribution >= 0.6 is 0 Å². The molecule has 11 nitrogen and oxygen atoms in total. The fourth-order valence-corrected chi connectivity index (χ4v) is 6.15. The standard InChI is InChI=1S/C47H65NO10/c1-6-8-10-13-19-24-38(50)25-20-14-11-12-15-21-26-40(47(55,31-32-49)45(54)58-46(3,4)5)43(52)48-41(34-36-27-29-39(30-28-36)56-33-9-7-2)44(53)57-35-42(51)37-22-17-16-18-23-37/h16-18,21-23,26-30,40-41,49,55H,6,8,10-15,19-20,24-25,31-35H2,1-5H3,(H,48,52)/b26-21+/t40-,41+,47+/m1/s1. The van der Waals surface area contributed by atoms with Crippen molar-refractivity contribution in [3.63, 3.8) is 0 Å². The van der Waals surface area contributed by atoms with Gasteiger partial charge in [0.25, 0.3) is 0 Å². The van der Waals surface area contributed by atoms with Gasteiger partial charge in [0.05, 0.1) is 5.92 Å². The lowest BCUT2D eigenvalue weighted by Gasteiger charge is -2.34. The van der Waals surface area contributed by atoms with Crippen LogP contribution in [-0.4, -0.2) is 76.7 Å². The molecule has 0 bridgehead atoms. The average Bonchev–Trinajstić information content (AvgIpc) is 3.19. The number of allylic oxidation sites excluding steroid dienone is 1. The smallest absolute Gasteiger partial charge is 0.339 e. The van der Waals surface area contributed by atoms with Crippen LogP contribution in [0.15, 0.2) is 66.7 Å². The lowest BCUT2D eigenvalue weighted by Crippen LogP contribution is -2.56. The molecule has 3 atom stereocenters. The van der Waals surface area contributed by atoms with E-state index >= 15 is 0 Å². The third-order valence-corrected chi connectivity index (χ3v) is 9.40. The molecule has 0 spiro atoms. The lowest BCUT2D eigenvalue weighted by molar-refractivity contribution is -0.185. The third kappa shape index (κ3) is 19.1. The van der Waals surface area contributed by atoms with E-state index in [0.29, 0.717) is 41.9 Å². The molecule has 0 aliphatic carbocycles. The highest BCUT2D eigenvalue weighted by molar-refractivity contribution is 5.98. The van der Waals surface area contributed by atoms with Crippen molar-refractivity contribution >= 4 is 29.4 Å². The van der Waals surface area contributed by atoms with Crippen LogP contribution in [0.5, 0.6) is 5.75 Å². The van der Waals surface area contributed by atoms with Crippen molar-refractivity contribution in [1.29, 1.82) is 0 Å². The Hall–Kier alpha value is -4.79. The highest BCUT2D eigenvalue weighted by atomic mass is 16.6. The summed E-state index contributed by atoms with van der Waals surface area (Å²) >= 11 is 0. The molecule has 0 aromatic heterocycles. The summed E-state index contributed by atoms with van der Waals surface area (Å²) in [6.07, 6.45) is 13.0. The summed E-state index contributed by atoms with van der Waals surface area (Å²) in [7, 11) is 0. The van der Waals surface area contributed by atoms with E-state index in [1.807, 2.05) is 0 Å². The molecular formula is C47H65NO10. The Morgan fingerprint density at radius 3 is 2.10 bits per heavy atom. The molecule has 0 radical (unpaired) electrons. The van der Waals surface area contributed by atoms with Crippen molar-refractivity contribution in [2.45, 2.75) is 142 Å². The predicted molar refractivity (Wildman–Crippen MR) is 224 cm³/mol. The fraction of sp³-hybridized carbons (Fsp3) is 0.553. The molecule has 0 aliphatic rings. The van der Waals surface area contributed by atoms with Crippen LogP contribution in [0, 0.1) is 17.8 Å². The number of ketones is 2. The van der Waals surface area contributed by atoms with Gasteiger partial charge in [-0.2, -0.15) is 0 Å². The number of ether oxygens (including phenoxy) is 3. The van der Waals surface area contributed by atoms with Crippen LogP contribution in [0.4, 0.5) is 0 Å². The van der Waals surface area contributed by atoms with Crippen molar-refractivity contribution in [2.24, 2.45) is 5.92 Å². The van der Waals surface area contributed by atoms with Crippen LogP contribution < -0.4 is 10.1 Å². The van der Waals surface area contributed by atoms with Gasteiger partial charge in [0.15, 0.2) is 18.0 Å². The van der Waals surface area contributed by atoms with Crippen LogP contribution in [0.25, 0.3) is 0 Å². The van der Waals surface area contributed by atoms with E-state index < -0.39 is 66.4 Å². The molecule has 0 saturated heterocycles. The number of Topliss-reactive ketones (excluding diaryl/α,β-unsaturated/α-hetero) is 2. The summed E-state index contributed by atoms with van der Waals surface area (Å²) in [6.45, 7) is 7.70. The molecular weight excluding hydrogens is 739 g/mol. The Morgan fingerprint density at radius 2 is 1.50 bits per heavy atom. The number of hydrogen-bond acceptors (Lipinski definition) is 10. The van der Waals surface area contributed by atoms with Gasteiger partial charge in [0.2, 0.25) is 5.91 Å². The minimum absolute atomic E-state index is 0.0677. The highest BCUT2D eigenvalue weighted by Gasteiger charge is 2.49. The molecule has 2 aromatic rings. The minimum atomic E-state index is -2.50. The van der Waals surface area contributed by atoms with Gasteiger partial charge in [0, 0.05) is 37.9 Å². The van der Waals surface area contributed by atoms with Gasteiger partial charge >= 0.3 is 11.9 Å². The quantitative estimate of drug-likeness (QED) is 0.0259. The number of carbonyl (C=O) groups excluding carboxylic acids is 5. The maximum absolute atomic E-state index is 14.2. The third-order valence-electron chi connectivity index (χ3n) is 9.40. The summed E-state index contributed by atoms with van der Waals surface area (Å²) in [6, 6.07) is 13.8. The number of amides is 1. The minimum Gasteiger partial charge on any atom is -0.481 e. The van der Waals surface area contributed by atoms with E-state index in [9.17, 15) is 34.2 Å². The average molecular weight is 804 g/mol. The Labute approximate surface area is 345 Å². The number of hydrogen-bond donors (Lipinski definition) is 3. The molecule has 0 aliphatic heterocycles. The maximum atomic E-state index is 14.2. The molecule has 11 heteroatoms. The predicted octanol–water partition coefficient (Wildman–Crippen LogP) is 7.44. The maximum Gasteiger partial charge on any atom is 0.339 e. The SMILES string of the molecule is CC#CCOc1ccc(C[C@H](NC(=O)[C@@H](/C=C/CCCCCCC(=O)CCCCCCC)[C@@](O)(CCO)C(=O)OC(C)(C)C)C(=O)OCC(=O)c2ccccc2)cc1. The van der Waals surface area contributed by atoms with E-state index in [4.69, 9.17) is 14.2 Å². The zero-order valence-corrected chi connectivity index (χ0v) is 35.2. The summed E-state index contributed by atoms with van der Waals surface area (Å²) in [5.41, 5.74) is -2.57. The first-order chi connectivity index (χ1) is 27.7. The summed E-state index contributed by atoms with van der Waals surface area (Å²) in [5.74, 6) is 1.48. The summed E-state index contributed by atoms with van der Waals surface area (Å²) < 4.78 is 16.6. The molecule has 2 aromatic carbocycles. The van der Waals surface area contributed by atoms with Gasteiger partial charge < -0.3 is 29.7 Å². The van der Waals surface area contributed by atoms with Crippen LogP contribution in [-0.2, 0) is 35.1 Å². The van der Waals surface area contributed by atoms with Crippen molar-refractivity contribution in [3.05, 3.63) is 77.9 Å². The number of nitrogens with one attached hydrogen (secondary N) is 1. The second-order valence-electron chi connectivity index (χ2n) is 15.5. The first kappa shape index (κ1) is 49.4. The van der Waals surface area contributed by atoms with E-state index in [0.717, 1.165) is 38.5 Å². The van der Waals surface area contributed by atoms with Gasteiger partial charge in [-0.3, -0.25) is 14.4 Å². The number of unbranched alkanes of at least 4 members (excludes halogenated alkanes) is 8. The molecule has 1 amide bonds. The number of aliphatic hydroxyl groups excluding tert-OH is 1. The Bertz CT molecular complexity index is 1650. The second-order valence-corrected chi connectivity index (χ2v) is 15.5. The molecule has 0 fully saturated rings. The number of benzene rings is 2. The van der Waals surface area contributed by atoms with Crippen LogP contribution in [0.3, 0.4) is 0 Å². The Morgan fingerprint density at radius 1 is 0.862 bits per heavy atom. The zero-order valence-electron chi connectivity index (χ0n) is 35.2. The summed E-state index contributed by atoms with van der Waals surface area (Å²) in [4.78, 5) is 66.5. The largest absolute Gasteiger partial charge is 0.481 e. The number of esters is 2. The molecule has 318 valence electrons. The normalized spacial score (nSPS) is 13.4. The second kappa shape index (κ2) is 27.0. The van der Waals surface area contributed by atoms with Gasteiger partial charge in [-0.1, -0.05) is 106 Å². The number of rotatable bonds is 28. The molecule has 2 rings (SSSR count). The Kier molecular flexibility index (Phi) is 23.0. The first-order valence-corrected chi connectivity index (χ1v) is 20.7. The van der Waals surface area contributed by atoms with E-state index in [1.165, 1.54) is 25.3 Å². The Balaban J connectivity index is 2.27. The topological polar surface area (TPSA) is 166 Å². The monoisotopic (exact) mass is 803 g/mol. The number of aliphatic hydroxyl groups is 2. The van der Waals surface area contributed by atoms with Gasteiger partial charge in [-0.25, -0.2) is 9.59 Å². The van der Waals surface area contributed by atoms with Crippen molar-refractivity contribution in [1.82, 2.24) is 5.32 Å². The van der Waals surface area contributed by atoms with Crippen molar-refractivity contribution in [2.75, 3.05) is 19.8 Å².